The van der Waals surface area contributed by atoms with E-state index in [1.165, 1.54) is 11.8 Å². The number of rotatable bonds is 7. The molecule has 1 aliphatic heterocycles. The highest BCUT2D eigenvalue weighted by Crippen LogP contribution is 2.36. The van der Waals surface area contributed by atoms with Gasteiger partial charge in [0.15, 0.2) is 5.78 Å². The Kier molecular flexibility index (Phi) is 6.46. The lowest BCUT2D eigenvalue weighted by atomic mass is 9.98. The first-order valence-electron chi connectivity index (χ1n) is 7.85. The molecule has 1 aromatic carbocycles. The molecule has 0 radical (unpaired) electrons. The van der Waals surface area contributed by atoms with Crippen molar-refractivity contribution >= 4 is 45.4 Å². The average Bonchev–Trinajstić information content (AvgIpc) is 2.79. The molecule has 25 heavy (non-hydrogen) atoms. The molecule has 1 amide bonds. The van der Waals surface area contributed by atoms with E-state index in [1.54, 1.807) is 29.2 Å². The van der Waals surface area contributed by atoms with Crippen molar-refractivity contribution in [3.8, 4) is 0 Å². The number of thioether (sulfide) groups is 1. The molecule has 0 aliphatic carbocycles. The molecule has 1 N–H and O–H groups in total. The number of nitrogens with zero attached hydrogens (tertiary/aromatic N) is 1. The second kappa shape index (κ2) is 8.19. The second-order valence-electron chi connectivity index (χ2n) is 6.24. The highest BCUT2D eigenvalue weighted by molar-refractivity contribution is 9.10. The summed E-state index contributed by atoms with van der Waals surface area (Å²) >= 11 is 4.70. The lowest BCUT2D eigenvalue weighted by molar-refractivity contribution is -0.137. The Bertz CT molecular complexity index is 727. The van der Waals surface area contributed by atoms with Crippen LogP contribution in [0.1, 0.15) is 30.6 Å². The van der Waals surface area contributed by atoms with Crippen molar-refractivity contribution in [1.82, 2.24) is 4.90 Å². The molecule has 0 bridgehead atoms. The summed E-state index contributed by atoms with van der Waals surface area (Å²) in [5, 5.41) is 8.74. The minimum Gasteiger partial charge on any atom is -0.481 e. The van der Waals surface area contributed by atoms with E-state index >= 15 is 0 Å². The Hall–Kier alpha value is -1.60. The van der Waals surface area contributed by atoms with Crippen molar-refractivity contribution in [3.05, 3.63) is 45.4 Å². The predicted molar refractivity (Wildman–Crippen MR) is 102 cm³/mol. The van der Waals surface area contributed by atoms with Gasteiger partial charge in [0.2, 0.25) is 0 Å². The average molecular weight is 426 g/mol. The van der Waals surface area contributed by atoms with E-state index in [4.69, 9.17) is 0 Å². The fraction of sp³-hybridized carbons (Fsp3) is 0.389. The third kappa shape index (κ3) is 4.33. The maximum Gasteiger partial charge on any atom is 0.308 e. The van der Waals surface area contributed by atoms with Crippen LogP contribution in [0.25, 0.3) is 0 Å². The summed E-state index contributed by atoms with van der Waals surface area (Å²) in [6.07, 6.45) is 1.38. The Labute approximate surface area is 159 Å². The van der Waals surface area contributed by atoms with Gasteiger partial charge in [-0.05, 0) is 36.4 Å². The van der Waals surface area contributed by atoms with Crippen LogP contribution >= 0.6 is 27.7 Å². The molecule has 5 nitrogen and oxygen atoms in total. The van der Waals surface area contributed by atoms with Gasteiger partial charge in [0.1, 0.15) is 5.37 Å². The smallest absolute Gasteiger partial charge is 0.308 e. The Balaban J connectivity index is 2.51. The number of Topliss-reactive ketones (excluding diaryl/α,β-unsaturated/α-hetero) is 1. The van der Waals surface area contributed by atoms with Crippen molar-refractivity contribution in [1.29, 1.82) is 0 Å². The number of aliphatic carboxylic acids is 1. The zero-order valence-corrected chi connectivity index (χ0v) is 16.7. The Morgan fingerprint density at radius 1 is 1.28 bits per heavy atom. The van der Waals surface area contributed by atoms with Gasteiger partial charge in [-0.15, -0.1) is 11.8 Å². The minimum atomic E-state index is -1.12. The van der Waals surface area contributed by atoms with Gasteiger partial charge in [0.05, 0.1) is 6.42 Å². The maximum absolute atomic E-state index is 13.0. The van der Waals surface area contributed by atoms with Crippen LogP contribution in [-0.4, -0.2) is 45.8 Å². The van der Waals surface area contributed by atoms with E-state index in [-0.39, 0.29) is 23.2 Å². The largest absolute Gasteiger partial charge is 0.481 e. The van der Waals surface area contributed by atoms with E-state index < -0.39 is 17.8 Å². The molecule has 1 atom stereocenters. The Morgan fingerprint density at radius 2 is 1.88 bits per heavy atom. The molecule has 0 aromatic heterocycles. The van der Waals surface area contributed by atoms with Crippen molar-refractivity contribution < 1.29 is 19.5 Å². The fourth-order valence-corrected chi connectivity index (χ4v) is 4.03. The molecule has 1 heterocycles. The molecule has 0 spiro atoms. The zero-order valence-electron chi connectivity index (χ0n) is 14.3. The lowest BCUT2D eigenvalue weighted by Crippen LogP contribution is -2.37. The molecule has 0 fully saturated rings. The third-order valence-electron chi connectivity index (χ3n) is 3.84. The van der Waals surface area contributed by atoms with Crippen LogP contribution in [-0.2, 0) is 9.59 Å². The number of carbonyl (C=O) groups excluding carboxylic acids is 2. The molecule has 1 aliphatic rings. The first kappa shape index (κ1) is 19.7. The third-order valence-corrected chi connectivity index (χ3v) is 5.30. The Morgan fingerprint density at radius 3 is 2.36 bits per heavy atom. The van der Waals surface area contributed by atoms with Gasteiger partial charge >= 0.3 is 5.97 Å². The molecule has 0 saturated carbocycles. The summed E-state index contributed by atoms with van der Waals surface area (Å²) in [6, 6.07) is 6.85. The zero-order chi connectivity index (χ0) is 18.7. The molecule has 7 heteroatoms. The lowest BCUT2D eigenvalue weighted by Gasteiger charge is -2.27. The number of amides is 1. The van der Waals surface area contributed by atoms with E-state index in [9.17, 15) is 19.5 Å². The summed E-state index contributed by atoms with van der Waals surface area (Å²) < 4.78 is 0.842. The van der Waals surface area contributed by atoms with Crippen LogP contribution in [0.4, 0.5) is 0 Å². The number of carbonyl (C=O) groups is 3. The minimum absolute atomic E-state index is 0.0976. The van der Waals surface area contributed by atoms with E-state index in [1.807, 2.05) is 20.1 Å². The van der Waals surface area contributed by atoms with Crippen LogP contribution in [0.2, 0.25) is 0 Å². The summed E-state index contributed by atoms with van der Waals surface area (Å²) in [5.74, 6) is -1.54. The van der Waals surface area contributed by atoms with Crippen LogP contribution in [0.5, 0.6) is 0 Å². The number of benzene rings is 1. The van der Waals surface area contributed by atoms with Crippen molar-refractivity contribution in [2.24, 2.45) is 5.92 Å². The number of hydrogen-bond acceptors (Lipinski definition) is 4. The molecule has 1 aromatic rings. The highest BCUT2D eigenvalue weighted by Gasteiger charge is 2.42. The second-order valence-corrected chi connectivity index (χ2v) is 8.07. The molecular formula is C18H20BrNO4S. The van der Waals surface area contributed by atoms with E-state index in [2.05, 4.69) is 15.9 Å². The number of halogens is 1. The first-order chi connectivity index (χ1) is 11.8. The summed E-state index contributed by atoms with van der Waals surface area (Å²) in [4.78, 5) is 38.7. The van der Waals surface area contributed by atoms with Crippen LogP contribution < -0.4 is 0 Å². The van der Waals surface area contributed by atoms with Gasteiger partial charge in [-0.25, -0.2) is 0 Å². The van der Waals surface area contributed by atoms with Crippen LogP contribution in [0.15, 0.2) is 39.9 Å². The molecule has 134 valence electrons. The monoisotopic (exact) mass is 425 g/mol. The van der Waals surface area contributed by atoms with Crippen molar-refractivity contribution in [2.75, 3.05) is 12.8 Å². The van der Waals surface area contributed by atoms with E-state index in [0.717, 1.165) is 4.47 Å². The van der Waals surface area contributed by atoms with E-state index in [0.29, 0.717) is 17.7 Å². The molecule has 2 rings (SSSR count). The first-order valence-corrected chi connectivity index (χ1v) is 9.93. The SMILES string of the molecule is CS[C@H]1C(C(=O)c2ccc(Br)cc2)=C(CC(=O)O)C(=O)N1CC(C)C. The quantitative estimate of drug-likeness (QED) is 0.675. The molecule has 0 unspecified atom stereocenters. The number of ketones is 1. The number of carboxylic acids is 1. The summed E-state index contributed by atoms with van der Waals surface area (Å²) in [7, 11) is 0. The highest BCUT2D eigenvalue weighted by atomic mass is 79.9. The molecule has 0 saturated heterocycles. The number of carboxylic acid groups (broad SMARTS) is 1. The normalized spacial score (nSPS) is 17.6. The van der Waals surface area contributed by atoms with Crippen LogP contribution in [0.3, 0.4) is 0 Å². The van der Waals surface area contributed by atoms with Crippen LogP contribution in [0, 0.1) is 5.92 Å². The number of hydrogen-bond donors (Lipinski definition) is 1. The van der Waals surface area contributed by atoms with Crippen molar-refractivity contribution in [2.45, 2.75) is 25.6 Å². The molecular weight excluding hydrogens is 406 g/mol. The predicted octanol–water partition coefficient (Wildman–Crippen LogP) is 3.59. The van der Waals surface area contributed by atoms with Crippen molar-refractivity contribution in [3.63, 3.8) is 0 Å². The summed E-state index contributed by atoms with van der Waals surface area (Å²) in [5.41, 5.74) is 0.836. The van der Waals surface area contributed by atoms with Gasteiger partial charge < -0.3 is 10.0 Å². The van der Waals surface area contributed by atoms with Gasteiger partial charge in [-0.1, -0.05) is 29.8 Å². The fourth-order valence-electron chi connectivity index (χ4n) is 2.85. The van der Waals surface area contributed by atoms with Gasteiger partial charge in [0.25, 0.3) is 5.91 Å². The summed E-state index contributed by atoms with van der Waals surface area (Å²) in [6.45, 7) is 4.44. The van der Waals surface area contributed by atoms with Gasteiger partial charge in [0, 0.05) is 27.7 Å². The maximum atomic E-state index is 13.0. The van der Waals surface area contributed by atoms with Gasteiger partial charge in [-0.3, -0.25) is 14.4 Å². The van der Waals surface area contributed by atoms with Gasteiger partial charge in [-0.2, -0.15) is 0 Å². The standard InChI is InChI=1S/C18H20BrNO4S/c1-10(2)9-20-17(24)13(8-14(21)22)15(18(20)25-3)16(23)11-4-6-12(19)7-5-11/h4-7,10,18H,8-9H2,1-3H3,(H,21,22)/t18-/m0/s1. The topological polar surface area (TPSA) is 74.7 Å².